The highest BCUT2D eigenvalue weighted by Gasteiger charge is 2.64. The van der Waals surface area contributed by atoms with Crippen LogP contribution in [0.15, 0.2) is 12.2 Å². The van der Waals surface area contributed by atoms with Crippen molar-refractivity contribution in [3.05, 3.63) is 12.2 Å². The van der Waals surface area contributed by atoms with E-state index in [-0.39, 0.29) is 6.61 Å². The van der Waals surface area contributed by atoms with Crippen LogP contribution in [0.3, 0.4) is 0 Å². The molecule has 1 heterocycles. The molecule has 2 rings (SSSR count). The lowest BCUT2D eigenvalue weighted by molar-refractivity contribution is 0.0979. The first kappa shape index (κ1) is 11.6. The third kappa shape index (κ3) is 1.86. The number of rotatable bonds is 2. The van der Waals surface area contributed by atoms with Crippen molar-refractivity contribution in [2.75, 3.05) is 13.7 Å². The van der Waals surface area contributed by atoms with E-state index in [1.54, 1.807) is 0 Å². The van der Waals surface area contributed by atoms with Gasteiger partial charge in [0.05, 0.1) is 6.61 Å². The monoisotopic (exact) mass is 226 g/mol. The Labute approximate surface area is 93.3 Å². The van der Waals surface area contributed by atoms with Crippen LogP contribution in [0, 0.1) is 11.8 Å². The van der Waals surface area contributed by atoms with Crippen LogP contribution >= 0.6 is 0 Å². The van der Waals surface area contributed by atoms with Crippen LogP contribution in [-0.2, 0) is 9.47 Å². The molecule has 1 fully saturated rings. The summed E-state index contributed by atoms with van der Waals surface area (Å²) in [5, 5.41) is 28.5. The van der Waals surface area contributed by atoms with Gasteiger partial charge < -0.3 is 24.8 Å². The van der Waals surface area contributed by atoms with Crippen LogP contribution in [-0.4, -0.2) is 59.1 Å². The van der Waals surface area contributed by atoms with Crippen LogP contribution in [0.25, 0.3) is 0 Å². The van der Waals surface area contributed by atoms with Crippen molar-refractivity contribution in [1.82, 2.24) is 0 Å². The van der Waals surface area contributed by atoms with E-state index in [2.05, 4.69) is 11.8 Å². The van der Waals surface area contributed by atoms with E-state index < -0.39 is 30.0 Å². The van der Waals surface area contributed by atoms with Crippen LogP contribution < -0.4 is 0 Å². The number of ether oxygens (including phenoxy) is 2. The minimum absolute atomic E-state index is 0.0994. The second-order valence-electron chi connectivity index (χ2n) is 3.89. The van der Waals surface area contributed by atoms with Gasteiger partial charge in [0, 0.05) is 7.11 Å². The topological polar surface area (TPSA) is 82.5 Å². The molecule has 5 nitrogen and oxygen atoms in total. The molecule has 5 atom stereocenters. The Bertz CT molecular complexity index is 355. The maximum Gasteiger partial charge on any atom is 0.187 e. The Balaban J connectivity index is 2.08. The summed E-state index contributed by atoms with van der Waals surface area (Å²) in [6.07, 6.45) is -0.117. The smallest absolute Gasteiger partial charge is 0.187 e. The second kappa shape index (κ2) is 4.17. The summed E-state index contributed by atoms with van der Waals surface area (Å²) in [5.41, 5.74) is -1.05. The molecule has 0 aromatic rings. The van der Waals surface area contributed by atoms with Crippen molar-refractivity contribution in [1.29, 1.82) is 0 Å². The van der Waals surface area contributed by atoms with Gasteiger partial charge in [-0.15, -0.1) is 0 Å². The van der Waals surface area contributed by atoms with Crippen LogP contribution in [0.5, 0.6) is 0 Å². The fourth-order valence-corrected chi connectivity index (χ4v) is 1.77. The van der Waals surface area contributed by atoms with Gasteiger partial charge in [-0.1, -0.05) is 24.0 Å². The van der Waals surface area contributed by atoms with Gasteiger partial charge in [-0.2, -0.15) is 0 Å². The normalized spacial score (nSPS) is 41.9. The maximum absolute atomic E-state index is 9.69. The lowest BCUT2D eigenvalue weighted by atomic mass is 9.90. The molecular formula is C11H14O5. The Morgan fingerprint density at radius 3 is 2.94 bits per heavy atom. The standard InChI is InChI=1S/C11H14O5/c1-15-6-7(12)4-5-11-9(14)3-2-8(13)10(11)16-11/h2-3,7-10,12-14H,6H2,1H3/t7?,8-,9-,10+,11-/m0/s1. The summed E-state index contributed by atoms with van der Waals surface area (Å²) in [7, 11) is 1.46. The Morgan fingerprint density at radius 1 is 1.50 bits per heavy atom. The number of hydrogen-bond acceptors (Lipinski definition) is 5. The van der Waals surface area contributed by atoms with Gasteiger partial charge in [0.1, 0.15) is 24.4 Å². The van der Waals surface area contributed by atoms with E-state index in [0.29, 0.717) is 0 Å². The zero-order valence-electron chi connectivity index (χ0n) is 8.83. The molecular weight excluding hydrogens is 212 g/mol. The van der Waals surface area contributed by atoms with Gasteiger partial charge in [0.15, 0.2) is 5.60 Å². The van der Waals surface area contributed by atoms with Gasteiger partial charge in [-0.3, -0.25) is 0 Å². The molecule has 1 aliphatic heterocycles. The molecule has 0 spiro atoms. The maximum atomic E-state index is 9.69. The molecule has 0 saturated carbocycles. The fourth-order valence-electron chi connectivity index (χ4n) is 1.77. The van der Waals surface area contributed by atoms with Gasteiger partial charge in [0.2, 0.25) is 0 Å². The first-order chi connectivity index (χ1) is 7.60. The van der Waals surface area contributed by atoms with E-state index in [0.717, 1.165) is 0 Å². The second-order valence-corrected chi connectivity index (χ2v) is 3.89. The van der Waals surface area contributed by atoms with Gasteiger partial charge in [-0.25, -0.2) is 0 Å². The molecule has 1 aliphatic carbocycles. The Kier molecular flexibility index (Phi) is 3.02. The van der Waals surface area contributed by atoms with Crippen molar-refractivity contribution in [3.63, 3.8) is 0 Å². The molecule has 0 amide bonds. The minimum atomic E-state index is -1.05. The summed E-state index contributed by atoms with van der Waals surface area (Å²) in [5.74, 6) is 5.21. The number of hydrogen-bond donors (Lipinski definition) is 3. The number of methoxy groups -OCH3 is 1. The number of aliphatic hydroxyl groups is 3. The third-order valence-corrected chi connectivity index (χ3v) is 2.69. The van der Waals surface area contributed by atoms with Crippen LogP contribution in [0.1, 0.15) is 0 Å². The summed E-state index contributed by atoms with van der Waals surface area (Å²) < 4.78 is 9.95. The molecule has 88 valence electrons. The number of epoxide rings is 1. The van der Waals surface area contributed by atoms with Gasteiger partial charge in [0.25, 0.3) is 0 Å². The molecule has 1 saturated heterocycles. The highest BCUT2D eigenvalue weighted by atomic mass is 16.6. The van der Waals surface area contributed by atoms with Crippen LogP contribution in [0.4, 0.5) is 0 Å². The third-order valence-electron chi connectivity index (χ3n) is 2.69. The molecule has 16 heavy (non-hydrogen) atoms. The molecule has 0 aromatic carbocycles. The molecule has 0 bridgehead atoms. The highest BCUT2D eigenvalue weighted by Crippen LogP contribution is 2.44. The van der Waals surface area contributed by atoms with Crippen molar-refractivity contribution in [2.45, 2.75) is 30.0 Å². The predicted molar refractivity (Wildman–Crippen MR) is 54.4 cm³/mol. The minimum Gasteiger partial charge on any atom is -0.386 e. The van der Waals surface area contributed by atoms with Crippen molar-refractivity contribution >= 4 is 0 Å². The summed E-state index contributed by atoms with van der Waals surface area (Å²) in [6.45, 7) is 0.0994. The van der Waals surface area contributed by atoms with Crippen molar-refractivity contribution in [2.24, 2.45) is 0 Å². The molecule has 5 heteroatoms. The van der Waals surface area contributed by atoms with E-state index in [1.165, 1.54) is 19.3 Å². The quantitative estimate of drug-likeness (QED) is 0.301. The molecule has 0 radical (unpaired) electrons. The Hall–Kier alpha value is -0.900. The average molecular weight is 226 g/mol. The first-order valence-electron chi connectivity index (χ1n) is 5.02. The Morgan fingerprint density at radius 2 is 2.25 bits per heavy atom. The van der Waals surface area contributed by atoms with E-state index in [4.69, 9.17) is 9.47 Å². The first-order valence-corrected chi connectivity index (χ1v) is 5.02. The fraction of sp³-hybridized carbons (Fsp3) is 0.636. The number of aliphatic hydroxyl groups excluding tert-OH is 3. The SMILES string of the molecule is COCC(O)C#C[C@@]12O[C@@H]1[C@@H](O)C=C[C@@H]2O. The molecule has 2 aliphatic rings. The van der Waals surface area contributed by atoms with Crippen molar-refractivity contribution in [3.8, 4) is 11.8 Å². The van der Waals surface area contributed by atoms with E-state index in [9.17, 15) is 15.3 Å². The van der Waals surface area contributed by atoms with Gasteiger partial charge >= 0.3 is 0 Å². The summed E-state index contributed by atoms with van der Waals surface area (Å²) in [4.78, 5) is 0. The molecule has 0 aromatic heterocycles. The predicted octanol–water partition coefficient (Wildman–Crippen LogP) is -1.57. The summed E-state index contributed by atoms with van der Waals surface area (Å²) >= 11 is 0. The number of fused-ring (bicyclic) bond motifs is 1. The lowest BCUT2D eigenvalue weighted by Gasteiger charge is -2.16. The van der Waals surface area contributed by atoms with Gasteiger partial charge in [-0.05, 0) is 0 Å². The zero-order valence-corrected chi connectivity index (χ0v) is 8.83. The van der Waals surface area contributed by atoms with Crippen LogP contribution in [0.2, 0.25) is 0 Å². The molecule has 3 N–H and O–H groups in total. The van der Waals surface area contributed by atoms with E-state index >= 15 is 0 Å². The molecule has 1 unspecified atom stereocenters. The van der Waals surface area contributed by atoms with Crippen molar-refractivity contribution < 1.29 is 24.8 Å². The highest BCUT2D eigenvalue weighted by molar-refractivity contribution is 5.37. The average Bonchev–Trinajstić information content (AvgIpc) is 2.99. The van der Waals surface area contributed by atoms with E-state index in [1.807, 2.05) is 0 Å². The largest absolute Gasteiger partial charge is 0.386 e. The zero-order chi connectivity index (χ0) is 11.8. The lowest BCUT2D eigenvalue weighted by Crippen LogP contribution is -2.37. The summed E-state index contributed by atoms with van der Waals surface area (Å²) in [6, 6.07) is 0.